The minimum Gasteiger partial charge on any atom is -0.369 e. The SMILES string of the molecule is CN1CCN(c2ccc([N+](=O)[O-])c(Nc3ccc(N4CCC(C(N)=O)CC4)c(F)c3)n2)CC1. The Morgan fingerprint density at radius 2 is 1.82 bits per heavy atom. The number of anilines is 4. The number of amides is 1. The molecular formula is C22H28FN7O3. The highest BCUT2D eigenvalue weighted by molar-refractivity contribution is 5.77. The van der Waals surface area contributed by atoms with Crippen molar-refractivity contribution in [1.82, 2.24) is 9.88 Å². The number of hydrogen-bond donors (Lipinski definition) is 2. The molecule has 0 radical (unpaired) electrons. The molecule has 0 bridgehead atoms. The van der Waals surface area contributed by atoms with E-state index in [-0.39, 0.29) is 23.3 Å². The van der Waals surface area contributed by atoms with E-state index in [1.54, 1.807) is 18.2 Å². The second-order valence-corrected chi connectivity index (χ2v) is 8.54. The van der Waals surface area contributed by atoms with Crippen LogP contribution in [-0.4, -0.2) is 67.0 Å². The Kier molecular flexibility index (Phi) is 6.59. The minimum atomic E-state index is -0.503. The van der Waals surface area contributed by atoms with Crippen LogP contribution >= 0.6 is 0 Å². The van der Waals surface area contributed by atoms with Gasteiger partial charge in [-0.05, 0) is 44.2 Å². The molecule has 1 aromatic carbocycles. The number of nitrogens with one attached hydrogen (secondary N) is 1. The van der Waals surface area contributed by atoms with Gasteiger partial charge in [0.05, 0.1) is 10.6 Å². The largest absolute Gasteiger partial charge is 0.369 e. The fourth-order valence-corrected chi connectivity index (χ4v) is 4.28. The van der Waals surface area contributed by atoms with E-state index in [0.717, 1.165) is 26.2 Å². The Labute approximate surface area is 191 Å². The van der Waals surface area contributed by atoms with E-state index in [1.807, 2.05) is 11.9 Å². The van der Waals surface area contributed by atoms with Gasteiger partial charge in [0.1, 0.15) is 11.6 Å². The highest BCUT2D eigenvalue weighted by Crippen LogP contribution is 2.32. The van der Waals surface area contributed by atoms with E-state index < -0.39 is 10.7 Å². The summed E-state index contributed by atoms with van der Waals surface area (Å²) >= 11 is 0. The Morgan fingerprint density at radius 3 is 2.42 bits per heavy atom. The summed E-state index contributed by atoms with van der Waals surface area (Å²) in [5.41, 5.74) is 6.00. The van der Waals surface area contributed by atoms with Crippen molar-refractivity contribution in [1.29, 1.82) is 0 Å². The first-order valence-electron chi connectivity index (χ1n) is 11.0. The number of hydrogen-bond acceptors (Lipinski definition) is 8. The first-order valence-corrected chi connectivity index (χ1v) is 11.0. The highest BCUT2D eigenvalue weighted by atomic mass is 19.1. The average Bonchev–Trinajstić information content (AvgIpc) is 2.79. The van der Waals surface area contributed by atoms with Gasteiger partial charge in [-0.25, -0.2) is 9.37 Å². The molecule has 10 nitrogen and oxygen atoms in total. The predicted octanol–water partition coefficient (Wildman–Crippen LogP) is 2.33. The molecule has 1 aromatic heterocycles. The van der Waals surface area contributed by atoms with Crippen molar-refractivity contribution >= 4 is 34.6 Å². The summed E-state index contributed by atoms with van der Waals surface area (Å²) < 4.78 is 14.9. The number of primary amides is 1. The normalized spacial score (nSPS) is 17.8. The molecule has 11 heteroatoms. The molecule has 2 aliphatic rings. The lowest BCUT2D eigenvalue weighted by Gasteiger charge is -2.33. The summed E-state index contributed by atoms with van der Waals surface area (Å²) in [5, 5.41) is 14.5. The fourth-order valence-electron chi connectivity index (χ4n) is 4.28. The van der Waals surface area contributed by atoms with Crippen molar-refractivity contribution in [3.63, 3.8) is 0 Å². The zero-order valence-electron chi connectivity index (χ0n) is 18.5. The van der Waals surface area contributed by atoms with Gasteiger partial charge in [0, 0.05) is 56.9 Å². The molecule has 176 valence electrons. The van der Waals surface area contributed by atoms with Crippen LogP contribution in [0.25, 0.3) is 0 Å². The number of nitrogens with two attached hydrogens (primary N) is 1. The summed E-state index contributed by atoms with van der Waals surface area (Å²) in [6, 6.07) is 7.69. The van der Waals surface area contributed by atoms with Crippen LogP contribution in [0.15, 0.2) is 30.3 Å². The van der Waals surface area contributed by atoms with Crippen LogP contribution in [0, 0.1) is 21.8 Å². The van der Waals surface area contributed by atoms with E-state index >= 15 is 0 Å². The van der Waals surface area contributed by atoms with E-state index in [0.29, 0.717) is 43.1 Å². The van der Waals surface area contributed by atoms with Crippen LogP contribution in [0.4, 0.5) is 33.1 Å². The topological polar surface area (TPSA) is 121 Å². The van der Waals surface area contributed by atoms with Crippen molar-refractivity contribution in [2.75, 3.05) is 61.4 Å². The zero-order valence-corrected chi connectivity index (χ0v) is 18.5. The average molecular weight is 458 g/mol. The summed E-state index contributed by atoms with van der Waals surface area (Å²) in [7, 11) is 2.05. The first-order chi connectivity index (χ1) is 15.8. The third kappa shape index (κ3) is 5.14. The Bertz CT molecular complexity index is 1030. The molecule has 0 saturated carbocycles. The van der Waals surface area contributed by atoms with E-state index in [4.69, 9.17) is 5.73 Å². The molecule has 0 atom stereocenters. The van der Waals surface area contributed by atoms with Crippen molar-refractivity contribution in [3.05, 3.63) is 46.3 Å². The molecule has 2 aromatic rings. The lowest BCUT2D eigenvalue weighted by molar-refractivity contribution is -0.384. The molecule has 3 heterocycles. The smallest absolute Gasteiger partial charge is 0.311 e. The van der Waals surface area contributed by atoms with Crippen LogP contribution < -0.4 is 20.9 Å². The quantitative estimate of drug-likeness (QED) is 0.501. The molecule has 2 saturated heterocycles. The number of benzene rings is 1. The van der Waals surface area contributed by atoms with E-state index in [2.05, 4.69) is 20.1 Å². The molecule has 0 aliphatic carbocycles. The zero-order chi connectivity index (χ0) is 23.5. The van der Waals surface area contributed by atoms with E-state index in [1.165, 1.54) is 12.1 Å². The van der Waals surface area contributed by atoms with Gasteiger partial charge in [-0.1, -0.05) is 0 Å². The van der Waals surface area contributed by atoms with Gasteiger partial charge in [0.2, 0.25) is 11.7 Å². The molecule has 1 amide bonds. The number of pyridine rings is 1. The van der Waals surface area contributed by atoms with Crippen molar-refractivity contribution in [2.24, 2.45) is 11.7 Å². The number of nitrogens with zero attached hydrogens (tertiary/aromatic N) is 5. The maximum atomic E-state index is 14.9. The number of carbonyl (C=O) groups excluding carboxylic acids is 1. The number of likely N-dealkylation sites (N-methyl/N-ethyl adjacent to an activating group) is 1. The summed E-state index contributed by atoms with van der Waals surface area (Å²) in [6.07, 6.45) is 1.17. The van der Waals surface area contributed by atoms with Crippen LogP contribution in [0.2, 0.25) is 0 Å². The fraction of sp³-hybridized carbons (Fsp3) is 0.455. The van der Waals surface area contributed by atoms with E-state index in [9.17, 15) is 19.3 Å². The number of carbonyl (C=O) groups is 1. The second-order valence-electron chi connectivity index (χ2n) is 8.54. The number of piperidine rings is 1. The third-order valence-corrected chi connectivity index (χ3v) is 6.33. The van der Waals surface area contributed by atoms with Crippen LogP contribution in [0.1, 0.15) is 12.8 Å². The summed E-state index contributed by atoms with van der Waals surface area (Å²) in [4.78, 5) is 33.0. The van der Waals surface area contributed by atoms with Crippen LogP contribution in [0.5, 0.6) is 0 Å². The number of rotatable bonds is 6. The number of aromatic nitrogens is 1. The molecule has 0 unspecified atom stereocenters. The lowest BCUT2D eigenvalue weighted by Crippen LogP contribution is -2.44. The Morgan fingerprint density at radius 1 is 1.12 bits per heavy atom. The molecule has 4 rings (SSSR count). The maximum Gasteiger partial charge on any atom is 0.311 e. The summed E-state index contributed by atoms with van der Waals surface area (Å²) in [6.45, 7) is 4.39. The van der Waals surface area contributed by atoms with Crippen LogP contribution in [-0.2, 0) is 4.79 Å². The van der Waals surface area contributed by atoms with Crippen LogP contribution in [0.3, 0.4) is 0 Å². The van der Waals surface area contributed by atoms with Gasteiger partial charge < -0.3 is 25.8 Å². The van der Waals surface area contributed by atoms with Gasteiger partial charge in [-0.2, -0.15) is 0 Å². The van der Waals surface area contributed by atoms with Crippen molar-refractivity contribution < 1.29 is 14.1 Å². The number of nitro groups is 1. The minimum absolute atomic E-state index is 0.0749. The molecule has 2 fully saturated rings. The molecule has 2 aliphatic heterocycles. The highest BCUT2D eigenvalue weighted by Gasteiger charge is 2.25. The van der Waals surface area contributed by atoms with Gasteiger partial charge in [0.15, 0.2) is 0 Å². The number of halogens is 1. The van der Waals surface area contributed by atoms with Gasteiger partial charge in [-0.3, -0.25) is 14.9 Å². The summed E-state index contributed by atoms with van der Waals surface area (Å²) in [5.74, 6) is -0.223. The van der Waals surface area contributed by atoms with Gasteiger partial charge in [0.25, 0.3) is 0 Å². The maximum absolute atomic E-state index is 14.9. The lowest BCUT2D eigenvalue weighted by atomic mass is 9.96. The second kappa shape index (κ2) is 9.57. The van der Waals surface area contributed by atoms with Crippen molar-refractivity contribution in [3.8, 4) is 0 Å². The monoisotopic (exact) mass is 457 g/mol. The Balaban J connectivity index is 1.52. The molecule has 33 heavy (non-hydrogen) atoms. The molecule has 3 N–H and O–H groups in total. The number of piperazine rings is 1. The van der Waals surface area contributed by atoms with Gasteiger partial charge in [-0.15, -0.1) is 0 Å². The molecule has 0 spiro atoms. The van der Waals surface area contributed by atoms with Crippen molar-refractivity contribution in [2.45, 2.75) is 12.8 Å². The third-order valence-electron chi connectivity index (χ3n) is 6.33. The Hall–Kier alpha value is -3.47. The predicted molar refractivity (Wildman–Crippen MR) is 124 cm³/mol. The first kappa shape index (κ1) is 22.7. The molecular weight excluding hydrogens is 429 g/mol. The van der Waals surface area contributed by atoms with Gasteiger partial charge >= 0.3 is 5.69 Å². The standard InChI is InChI=1S/C22H28FN7O3/c1-27-10-12-29(13-11-27)20-5-4-19(30(32)33)22(26-20)25-16-2-3-18(17(23)14-16)28-8-6-15(7-9-28)21(24)31/h2-5,14-15H,6-13H2,1H3,(H2,24,31)(H,25,26).